The van der Waals surface area contributed by atoms with Crippen molar-refractivity contribution >= 4 is 40.6 Å². The highest BCUT2D eigenvalue weighted by molar-refractivity contribution is 7.54. The number of rotatable bonds is 8. The molecule has 180 valence electrons. The van der Waals surface area contributed by atoms with E-state index < -0.39 is 43.0 Å². The molecule has 3 aromatic rings. The highest BCUT2D eigenvalue weighted by Gasteiger charge is 2.42. The average Bonchev–Trinajstić information content (AvgIpc) is 3.00. The number of alkyl halides is 3. The fourth-order valence-corrected chi connectivity index (χ4v) is 8.04. The zero-order chi connectivity index (χ0) is 24.6. The van der Waals surface area contributed by atoms with E-state index in [0.717, 1.165) is 16.2 Å². The number of halogens is 5. The molecule has 0 fully saturated rings. The fourth-order valence-electron chi connectivity index (χ4n) is 3.49. The quantitative estimate of drug-likeness (QED) is 0.219. The Balaban J connectivity index is 2.15. The molecule has 0 bridgehead atoms. The van der Waals surface area contributed by atoms with Crippen LogP contribution in [0.2, 0.25) is 5.02 Å². The minimum atomic E-state index is -4.81. The Labute approximate surface area is 199 Å². The summed E-state index contributed by atoms with van der Waals surface area (Å²) >= 11 is 7.97. The second kappa shape index (κ2) is 10.0. The third-order valence-corrected chi connectivity index (χ3v) is 9.34. The number of thiophene rings is 1. The second-order valence-corrected chi connectivity index (χ2v) is 11.7. The molecule has 1 heterocycles. The topological polar surface area (TPSA) is 35.5 Å². The molecule has 0 aliphatic carbocycles. The van der Waals surface area contributed by atoms with Gasteiger partial charge < -0.3 is 9.05 Å². The Morgan fingerprint density at radius 3 is 2.15 bits per heavy atom. The molecule has 0 radical (unpaired) electrons. The van der Waals surface area contributed by atoms with Gasteiger partial charge in [-0.1, -0.05) is 35.9 Å². The molecular formula is C23H24ClF4O3PS. The van der Waals surface area contributed by atoms with E-state index >= 15 is 0 Å². The Kier molecular flexibility index (Phi) is 7.97. The summed E-state index contributed by atoms with van der Waals surface area (Å²) in [6.45, 7) is 6.82. The van der Waals surface area contributed by atoms with Crippen LogP contribution in [0.3, 0.4) is 0 Å². The number of hydrogen-bond donors (Lipinski definition) is 0. The zero-order valence-electron chi connectivity index (χ0n) is 18.5. The van der Waals surface area contributed by atoms with E-state index in [2.05, 4.69) is 0 Å². The van der Waals surface area contributed by atoms with Crippen LogP contribution < -0.4 is 0 Å². The van der Waals surface area contributed by atoms with E-state index in [1.54, 1.807) is 27.7 Å². The van der Waals surface area contributed by atoms with E-state index in [4.69, 9.17) is 20.6 Å². The van der Waals surface area contributed by atoms with Crippen LogP contribution in [0.4, 0.5) is 17.6 Å². The number of benzene rings is 2. The standard InChI is InChI=1S/C23H24ClF4O3PS/c1-13(2)30-32(29,31-14(3)4)19(22-21(24)16-7-5-6-8-20(16)33-22)12-15-9-10-17(18(25)11-15)23(26,27)28/h5-11,13-14,19H,12H2,1-4H3. The van der Waals surface area contributed by atoms with Crippen LogP contribution in [-0.4, -0.2) is 12.2 Å². The first-order valence-corrected chi connectivity index (χ1v) is 13.1. The van der Waals surface area contributed by atoms with Crippen molar-refractivity contribution in [1.29, 1.82) is 0 Å². The predicted octanol–water partition coefficient (Wildman–Crippen LogP) is 9.04. The molecule has 1 unspecified atom stereocenters. The molecule has 3 nitrogen and oxygen atoms in total. The van der Waals surface area contributed by atoms with Crippen molar-refractivity contribution in [3.05, 3.63) is 69.3 Å². The summed E-state index contributed by atoms with van der Waals surface area (Å²) in [5.74, 6) is -1.40. The van der Waals surface area contributed by atoms with E-state index in [1.165, 1.54) is 17.4 Å². The Hall–Kier alpha value is -1.44. The predicted molar refractivity (Wildman–Crippen MR) is 125 cm³/mol. The normalized spacial score (nSPS) is 13.9. The molecule has 10 heteroatoms. The fraction of sp³-hybridized carbons (Fsp3) is 0.391. The maximum atomic E-state index is 14.3. The van der Waals surface area contributed by atoms with Crippen molar-refractivity contribution in [2.45, 2.75) is 58.2 Å². The van der Waals surface area contributed by atoms with Crippen LogP contribution in [0.5, 0.6) is 0 Å². The summed E-state index contributed by atoms with van der Waals surface area (Å²) in [5, 5.41) is 1.12. The third-order valence-electron chi connectivity index (χ3n) is 4.73. The van der Waals surface area contributed by atoms with Gasteiger partial charge in [-0.2, -0.15) is 13.2 Å². The molecule has 0 saturated carbocycles. The van der Waals surface area contributed by atoms with E-state index in [1.807, 2.05) is 24.3 Å². The van der Waals surface area contributed by atoms with Crippen molar-refractivity contribution in [2.24, 2.45) is 0 Å². The van der Waals surface area contributed by atoms with Gasteiger partial charge in [0, 0.05) is 15.0 Å². The minimum absolute atomic E-state index is 0.0850. The van der Waals surface area contributed by atoms with Gasteiger partial charge in [-0.15, -0.1) is 11.3 Å². The number of fused-ring (bicyclic) bond motifs is 1. The molecule has 0 spiro atoms. The Morgan fingerprint density at radius 2 is 1.64 bits per heavy atom. The third kappa shape index (κ3) is 5.98. The van der Waals surface area contributed by atoms with Crippen LogP contribution in [0.15, 0.2) is 42.5 Å². The summed E-state index contributed by atoms with van der Waals surface area (Å²) in [6, 6.07) is 10.0. The maximum Gasteiger partial charge on any atom is 0.419 e. The van der Waals surface area contributed by atoms with Gasteiger partial charge in [0.15, 0.2) is 0 Å². The van der Waals surface area contributed by atoms with Crippen LogP contribution in [0.1, 0.15) is 49.4 Å². The van der Waals surface area contributed by atoms with Crippen LogP contribution >= 0.6 is 30.5 Å². The molecule has 1 atom stereocenters. The first kappa shape index (κ1) is 26.2. The van der Waals surface area contributed by atoms with Gasteiger partial charge in [0.05, 0.1) is 22.8 Å². The molecule has 0 aliphatic heterocycles. The first-order chi connectivity index (χ1) is 15.3. The minimum Gasteiger partial charge on any atom is -0.305 e. The zero-order valence-corrected chi connectivity index (χ0v) is 20.9. The number of hydrogen-bond acceptors (Lipinski definition) is 4. The molecule has 33 heavy (non-hydrogen) atoms. The van der Waals surface area contributed by atoms with Gasteiger partial charge in [-0.25, -0.2) is 4.39 Å². The van der Waals surface area contributed by atoms with Crippen LogP contribution in [0, 0.1) is 5.82 Å². The van der Waals surface area contributed by atoms with Crippen molar-refractivity contribution in [3.8, 4) is 0 Å². The summed E-state index contributed by atoms with van der Waals surface area (Å²) in [5.41, 5.74) is -2.08. The Bertz CT molecular complexity index is 1160. The van der Waals surface area contributed by atoms with Gasteiger partial charge >= 0.3 is 13.8 Å². The lowest BCUT2D eigenvalue weighted by atomic mass is 10.1. The smallest absolute Gasteiger partial charge is 0.305 e. The monoisotopic (exact) mass is 522 g/mol. The largest absolute Gasteiger partial charge is 0.419 e. The van der Waals surface area contributed by atoms with Gasteiger partial charge in [0.25, 0.3) is 0 Å². The summed E-state index contributed by atoms with van der Waals surface area (Å²) in [7, 11) is -3.89. The average molecular weight is 523 g/mol. The van der Waals surface area contributed by atoms with Gasteiger partial charge in [0.1, 0.15) is 11.5 Å². The second-order valence-electron chi connectivity index (χ2n) is 8.16. The first-order valence-electron chi connectivity index (χ1n) is 10.3. The highest BCUT2D eigenvalue weighted by atomic mass is 35.5. The maximum absolute atomic E-state index is 14.3. The van der Waals surface area contributed by atoms with Gasteiger partial charge in [-0.3, -0.25) is 4.57 Å². The molecule has 0 N–H and O–H groups in total. The summed E-state index contributed by atoms with van der Waals surface area (Å²) in [6.07, 6.45) is -5.82. The van der Waals surface area contributed by atoms with Crippen LogP contribution in [0.25, 0.3) is 10.1 Å². The van der Waals surface area contributed by atoms with Crippen LogP contribution in [-0.2, 0) is 26.2 Å². The lowest BCUT2D eigenvalue weighted by Crippen LogP contribution is -2.15. The van der Waals surface area contributed by atoms with Crippen molar-refractivity contribution in [1.82, 2.24) is 0 Å². The summed E-state index contributed by atoms with van der Waals surface area (Å²) < 4.78 is 79.9. The highest BCUT2D eigenvalue weighted by Crippen LogP contribution is 2.66. The lowest BCUT2D eigenvalue weighted by Gasteiger charge is -2.30. The van der Waals surface area contributed by atoms with Gasteiger partial charge in [-0.05, 0) is 57.9 Å². The van der Waals surface area contributed by atoms with Gasteiger partial charge in [0.2, 0.25) is 0 Å². The summed E-state index contributed by atoms with van der Waals surface area (Å²) in [4.78, 5) is 0.516. The van der Waals surface area contributed by atoms with E-state index in [-0.39, 0.29) is 12.0 Å². The van der Waals surface area contributed by atoms with Crippen molar-refractivity contribution in [3.63, 3.8) is 0 Å². The molecule has 0 aliphatic rings. The van der Waals surface area contributed by atoms with E-state index in [0.29, 0.717) is 16.0 Å². The van der Waals surface area contributed by atoms with Crippen molar-refractivity contribution < 1.29 is 31.2 Å². The SMILES string of the molecule is CC(C)OP(=O)(OC(C)C)C(Cc1ccc(C(F)(F)F)c(F)c1)c1sc2ccccc2c1Cl. The molecule has 2 aromatic carbocycles. The molecule has 0 amide bonds. The van der Waals surface area contributed by atoms with Crippen molar-refractivity contribution in [2.75, 3.05) is 0 Å². The molecular weight excluding hydrogens is 499 g/mol. The molecule has 1 aromatic heterocycles. The molecule has 3 rings (SSSR count). The molecule has 0 saturated heterocycles. The lowest BCUT2D eigenvalue weighted by molar-refractivity contribution is -0.140. The van der Waals surface area contributed by atoms with E-state index in [9.17, 15) is 22.1 Å². The Morgan fingerprint density at radius 1 is 1.03 bits per heavy atom.